The molecule has 0 aliphatic rings. The molecule has 0 unspecified atom stereocenters. The van der Waals surface area contributed by atoms with E-state index < -0.39 is 0 Å². The van der Waals surface area contributed by atoms with Gasteiger partial charge in [0.15, 0.2) is 5.82 Å². The first-order chi connectivity index (χ1) is 9.24. The number of nitrogens with one attached hydrogen (secondary N) is 1. The first-order valence-corrected chi connectivity index (χ1v) is 6.92. The zero-order valence-corrected chi connectivity index (χ0v) is 11.9. The van der Waals surface area contributed by atoms with Crippen molar-refractivity contribution in [1.29, 1.82) is 0 Å². The van der Waals surface area contributed by atoms with Crippen LogP contribution in [0.5, 0.6) is 0 Å². The molecule has 0 aliphatic heterocycles. The van der Waals surface area contributed by atoms with E-state index in [-0.39, 0.29) is 0 Å². The van der Waals surface area contributed by atoms with Crippen LogP contribution in [0.15, 0.2) is 30.6 Å². The Kier molecular flexibility index (Phi) is 4.55. The van der Waals surface area contributed by atoms with Gasteiger partial charge in [-0.3, -0.25) is 0 Å². The summed E-state index contributed by atoms with van der Waals surface area (Å²) in [7, 11) is 1.95. The predicted molar refractivity (Wildman–Crippen MR) is 79.0 cm³/mol. The Morgan fingerprint density at radius 3 is 2.37 bits per heavy atom. The first kappa shape index (κ1) is 13.6. The number of benzene rings is 1. The van der Waals surface area contributed by atoms with Gasteiger partial charge in [0.25, 0.3) is 0 Å². The normalized spacial score (nSPS) is 10.9. The smallest absolute Gasteiger partial charge is 0.163 e. The number of hydrogen-bond acceptors (Lipinski definition) is 3. The van der Waals surface area contributed by atoms with Gasteiger partial charge in [0.05, 0.1) is 0 Å². The van der Waals surface area contributed by atoms with Crippen LogP contribution in [0.2, 0.25) is 0 Å². The van der Waals surface area contributed by atoms with Gasteiger partial charge >= 0.3 is 0 Å². The molecule has 1 aromatic carbocycles. The van der Waals surface area contributed by atoms with Crippen LogP contribution in [0, 0.1) is 5.92 Å². The summed E-state index contributed by atoms with van der Waals surface area (Å²) in [6, 6.07) is 8.37. The maximum Gasteiger partial charge on any atom is 0.163 e. The number of nitrogens with zero attached hydrogens (tertiary/aromatic N) is 3. The van der Waals surface area contributed by atoms with E-state index in [1.54, 1.807) is 6.33 Å². The minimum absolute atomic E-state index is 0.749. The second kappa shape index (κ2) is 6.36. The molecule has 2 rings (SSSR count). The van der Waals surface area contributed by atoms with E-state index in [2.05, 4.69) is 53.6 Å². The van der Waals surface area contributed by atoms with E-state index in [1.165, 1.54) is 12.8 Å². The van der Waals surface area contributed by atoms with E-state index in [4.69, 9.17) is 0 Å². The van der Waals surface area contributed by atoms with Crippen LogP contribution < -0.4 is 5.32 Å². The van der Waals surface area contributed by atoms with Crippen molar-refractivity contribution in [1.82, 2.24) is 14.8 Å². The van der Waals surface area contributed by atoms with E-state index in [0.29, 0.717) is 0 Å². The van der Waals surface area contributed by atoms with Crippen molar-refractivity contribution in [3.05, 3.63) is 30.6 Å². The Balaban J connectivity index is 2.01. The number of rotatable bonds is 6. The maximum absolute atomic E-state index is 4.11. The van der Waals surface area contributed by atoms with Crippen LogP contribution in [0.25, 0.3) is 11.4 Å². The molecule has 4 heteroatoms. The van der Waals surface area contributed by atoms with Gasteiger partial charge in [-0.05, 0) is 30.2 Å². The Labute approximate surface area is 114 Å². The van der Waals surface area contributed by atoms with Crippen molar-refractivity contribution in [3.63, 3.8) is 0 Å². The molecule has 102 valence electrons. The minimum atomic E-state index is 0.749. The molecular weight excluding hydrogens is 236 g/mol. The van der Waals surface area contributed by atoms with Crippen molar-refractivity contribution in [3.8, 4) is 11.4 Å². The molecule has 19 heavy (non-hydrogen) atoms. The lowest BCUT2D eigenvalue weighted by Crippen LogP contribution is -2.12. The third kappa shape index (κ3) is 3.34. The highest BCUT2D eigenvalue weighted by Gasteiger charge is 2.05. The SMILES string of the molecule is CCC(CC)CNc1ccc(-c2nncn2C)cc1. The van der Waals surface area contributed by atoms with Gasteiger partial charge in [0, 0.05) is 24.8 Å². The highest BCUT2D eigenvalue weighted by Crippen LogP contribution is 2.19. The molecule has 0 saturated heterocycles. The predicted octanol–water partition coefficient (Wildman–Crippen LogP) is 3.33. The monoisotopic (exact) mass is 258 g/mol. The average Bonchev–Trinajstić information content (AvgIpc) is 2.87. The molecule has 0 fully saturated rings. The second-order valence-electron chi connectivity index (χ2n) is 4.91. The molecule has 0 saturated carbocycles. The van der Waals surface area contributed by atoms with Crippen molar-refractivity contribution in [2.24, 2.45) is 13.0 Å². The molecule has 0 bridgehead atoms. The quantitative estimate of drug-likeness (QED) is 0.864. The molecule has 0 amide bonds. The lowest BCUT2D eigenvalue weighted by atomic mass is 10.0. The van der Waals surface area contributed by atoms with Crippen LogP contribution in [-0.4, -0.2) is 21.3 Å². The van der Waals surface area contributed by atoms with Crippen LogP contribution in [-0.2, 0) is 7.05 Å². The lowest BCUT2D eigenvalue weighted by Gasteiger charge is -2.14. The molecule has 1 N–H and O–H groups in total. The third-order valence-electron chi connectivity index (χ3n) is 3.60. The first-order valence-electron chi connectivity index (χ1n) is 6.92. The van der Waals surface area contributed by atoms with Gasteiger partial charge in [-0.25, -0.2) is 0 Å². The average molecular weight is 258 g/mol. The van der Waals surface area contributed by atoms with E-state index >= 15 is 0 Å². The minimum Gasteiger partial charge on any atom is -0.385 e. The largest absolute Gasteiger partial charge is 0.385 e. The van der Waals surface area contributed by atoms with Gasteiger partial charge in [-0.15, -0.1) is 10.2 Å². The van der Waals surface area contributed by atoms with Crippen LogP contribution >= 0.6 is 0 Å². The molecule has 4 nitrogen and oxygen atoms in total. The summed E-state index contributed by atoms with van der Waals surface area (Å²) < 4.78 is 1.92. The van der Waals surface area contributed by atoms with Crippen molar-refractivity contribution in [2.45, 2.75) is 26.7 Å². The lowest BCUT2D eigenvalue weighted by molar-refractivity contribution is 0.519. The van der Waals surface area contributed by atoms with Gasteiger partial charge in [-0.2, -0.15) is 0 Å². The fourth-order valence-electron chi connectivity index (χ4n) is 2.12. The van der Waals surface area contributed by atoms with Crippen LogP contribution in [0.1, 0.15) is 26.7 Å². The van der Waals surface area contributed by atoms with Crippen LogP contribution in [0.3, 0.4) is 0 Å². The molecule has 0 atom stereocenters. The third-order valence-corrected chi connectivity index (χ3v) is 3.60. The van der Waals surface area contributed by atoms with Crippen molar-refractivity contribution >= 4 is 5.69 Å². The standard InChI is InChI=1S/C15H22N4/c1-4-12(5-2)10-16-14-8-6-13(7-9-14)15-18-17-11-19(15)3/h6-9,11-12,16H,4-5,10H2,1-3H3. The summed E-state index contributed by atoms with van der Waals surface area (Å²) in [6.45, 7) is 5.52. The van der Waals surface area contributed by atoms with Gasteiger partial charge in [-0.1, -0.05) is 26.7 Å². The zero-order valence-electron chi connectivity index (χ0n) is 11.9. The summed E-state index contributed by atoms with van der Waals surface area (Å²) in [6.07, 6.45) is 4.16. The summed E-state index contributed by atoms with van der Waals surface area (Å²) in [5, 5.41) is 11.5. The molecule has 0 aliphatic carbocycles. The highest BCUT2D eigenvalue weighted by atomic mass is 15.2. The molecule has 1 heterocycles. The molecule has 1 aromatic heterocycles. The van der Waals surface area contributed by atoms with Crippen molar-refractivity contribution in [2.75, 3.05) is 11.9 Å². The number of aromatic nitrogens is 3. The van der Waals surface area contributed by atoms with E-state index in [0.717, 1.165) is 29.5 Å². The fraction of sp³-hybridized carbons (Fsp3) is 0.467. The van der Waals surface area contributed by atoms with Gasteiger partial charge in [0.2, 0.25) is 0 Å². The van der Waals surface area contributed by atoms with Gasteiger partial charge < -0.3 is 9.88 Å². The van der Waals surface area contributed by atoms with Gasteiger partial charge in [0.1, 0.15) is 6.33 Å². The summed E-state index contributed by atoms with van der Waals surface area (Å²) in [5.74, 6) is 1.64. The van der Waals surface area contributed by atoms with Crippen molar-refractivity contribution < 1.29 is 0 Å². The summed E-state index contributed by atoms with van der Waals surface area (Å²) in [5.41, 5.74) is 2.26. The number of hydrogen-bond donors (Lipinski definition) is 1. The zero-order chi connectivity index (χ0) is 13.7. The molecular formula is C15H22N4. The van der Waals surface area contributed by atoms with E-state index in [1.807, 2.05) is 11.6 Å². The number of aryl methyl sites for hydroxylation is 1. The Morgan fingerprint density at radius 1 is 1.16 bits per heavy atom. The van der Waals surface area contributed by atoms with Crippen LogP contribution in [0.4, 0.5) is 5.69 Å². The Bertz CT molecular complexity index is 497. The highest BCUT2D eigenvalue weighted by molar-refractivity contribution is 5.59. The number of anilines is 1. The summed E-state index contributed by atoms with van der Waals surface area (Å²) >= 11 is 0. The maximum atomic E-state index is 4.11. The Hall–Kier alpha value is -1.84. The molecule has 2 aromatic rings. The van der Waals surface area contributed by atoms with E-state index in [9.17, 15) is 0 Å². The fourth-order valence-corrected chi connectivity index (χ4v) is 2.12. The molecule has 0 spiro atoms. The topological polar surface area (TPSA) is 42.7 Å². The second-order valence-corrected chi connectivity index (χ2v) is 4.91. The Morgan fingerprint density at radius 2 is 1.84 bits per heavy atom. The summed E-state index contributed by atoms with van der Waals surface area (Å²) in [4.78, 5) is 0. The molecule has 0 radical (unpaired) electrons.